The first-order valence-electron chi connectivity index (χ1n) is 5.70. The van der Waals surface area contributed by atoms with E-state index in [-0.39, 0.29) is 11.8 Å². The van der Waals surface area contributed by atoms with Crippen LogP contribution in [0.2, 0.25) is 0 Å². The fraction of sp³-hybridized carbons (Fsp3) is 0.500. The van der Waals surface area contributed by atoms with Crippen molar-refractivity contribution in [2.24, 2.45) is 5.92 Å². The van der Waals surface area contributed by atoms with Gasteiger partial charge in [0.15, 0.2) is 0 Å². The van der Waals surface area contributed by atoms with Gasteiger partial charge in [0.25, 0.3) is 0 Å². The second-order valence-electron chi connectivity index (χ2n) is 4.22. The molecule has 0 radical (unpaired) electrons. The van der Waals surface area contributed by atoms with E-state index in [0.717, 1.165) is 37.3 Å². The molecule has 1 aromatic rings. The molecule has 1 atom stereocenters. The largest absolute Gasteiger partial charge is 0.324 e. The molecule has 0 aromatic carbocycles. The lowest BCUT2D eigenvalue weighted by Gasteiger charge is -2.21. The number of amides is 1. The number of pyridine rings is 1. The Hall–Kier alpha value is -1.42. The average Bonchev–Trinajstić information content (AvgIpc) is 2.33. The number of nitrogens with zero attached hydrogens (tertiary/aromatic N) is 1. The van der Waals surface area contributed by atoms with Gasteiger partial charge >= 0.3 is 0 Å². The number of carbonyl (C=O) groups is 1. The summed E-state index contributed by atoms with van der Waals surface area (Å²) in [5.41, 5.74) is 1.73. The molecule has 0 aliphatic carbocycles. The summed E-state index contributed by atoms with van der Waals surface area (Å²) >= 11 is 0. The average molecular weight is 219 g/mol. The molecule has 1 aromatic heterocycles. The molecule has 4 nitrogen and oxygen atoms in total. The smallest absolute Gasteiger partial charge is 0.228 e. The molecule has 16 heavy (non-hydrogen) atoms. The van der Waals surface area contributed by atoms with E-state index in [9.17, 15) is 4.79 Å². The Kier molecular flexibility index (Phi) is 3.51. The Morgan fingerprint density at radius 3 is 3.06 bits per heavy atom. The van der Waals surface area contributed by atoms with E-state index in [2.05, 4.69) is 15.6 Å². The first kappa shape index (κ1) is 11.1. The zero-order valence-electron chi connectivity index (χ0n) is 9.49. The molecule has 86 valence electrons. The molecule has 0 spiro atoms. The minimum atomic E-state index is 0.0926. The van der Waals surface area contributed by atoms with Gasteiger partial charge < -0.3 is 10.6 Å². The van der Waals surface area contributed by atoms with Crippen molar-refractivity contribution in [3.63, 3.8) is 0 Å². The van der Waals surface area contributed by atoms with Gasteiger partial charge in [-0.3, -0.25) is 9.78 Å². The number of piperidine rings is 1. The molecule has 0 saturated carbocycles. The molecule has 2 rings (SSSR count). The monoisotopic (exact) mass is 219 g/mol. The highest BCUT2D eigenvalue weighted by Crippen LogP contribution is 2.13. The number of nitrogens with one attached hydrogen (secondary N) is 2. The highest BCUT2D eigenvalue weighted by atomic mass is 16.1. The summed E-state index contributed by atoms with van der Waals surface area (Å²) in [6.45, 7) is 3.73. The zero-order valence-corrected chi connectivity index (χ0v) is 9.49. The van der Waals surface area contributed by atoms with Gasteiger partial charge in [-0.25, -0.2) is 0 Å². The Balaban J connectivity index is 1.93. The van der Waals surface area contributed by atoms with E-state index >= 15 is 0 Å². The number of aryl methyl sites for hydroxylation is 1. The summed E-state index contributed by atoms with van der Waals surface area (Å²) < 4.78 is 0. The number of rotatable bonds is 2. The van der Waals surface area contributed by atoms with Gasteiger partial charge in [-0.15, -0.1) is 0 Å². The maximum absolute atomic E-state index is 11.9. The van der Waals surface area contributed by atoms with Crippen molar-refractivity contribution in [2.75, 3.05) is 18.4 Å². The predicted octanol–water partition coefficient (Wildman–Crippen LogP) is 1.33. The van der Waals surface area contributed by atoms with Crippen molar-refractivity contribution in [3.8, 4) is 0 Å². The summed E-state index contributed by atoms with van der Waals surface area (Å²) in [5.74, 6) is 0.188. The summed E-state index contributed by atoms with van der Waals surface area (Å²) in [7, 11) is 0. The first-order valence-corrected chi connectivity index (χ1v) is 5.70. The van der Waals surface area contributed by atoms with Gasteiger partial charge in [0.1, 0.15) is 0 Å². The SMILES string of the molecule is Cc1ccc(NC(=O)[C@H]2CCCNC2)cn1. The molecule has 2 N–H and O–H groups in total. The van der Waals surface area contributed by atoms with Crippen LogP contribution >= 0.6 is 0 Å². The lowest BCUT2D eigenvalue weighted by atomic mass is 9.99. The highest BCUT2D eigenvalue weighted by Gasteiger charge is 2.20. The standard InChI is InChI=1S/C12H17N3O/c1-9-4-5-11(8-14-9)15-12(16)10-3-2-6-13-7-10/h4-5,8,10,13H,2-3,6-7H2,1H3,(H,15,16)/t10-/m0/s1. The molecule has 1 saturated heterocycles. The van der Waals surface area contributed by atoms with Crippen LogP contribution in [0, 0.1) is 12.8 Å². The van der Waals surface area contributed by atoms with Crippen molar-refractivity contribution in [1.29, 1.82) is 0 Å². The van der Waals surface area contributed by atoms with Crippen molar-refractivity contribution < 1.29 is 4.79 Å². The van der Waals surface area contributed by atoms with Gasteiger partial charge in [0.05, 0.1) is 17.8 Å². The summed E-state index contributed by atoms with van der Waals surface area (Å²) in [5, 5.41) is 6.13. The van der Waals surface area contributed by atoms with Crippen LogP contribution in [0.4, 0.5) is 5.69 Å². The minimum Gasteiger partial charge on any atom is -0.324 e. The van der Waals surface area contributed by atoms with Crippen LogP contribution < -0.4 is 10.6 Å². The summed E-state index contributed by atoms with van der Waals surface area (Å²) in [4.78, 5) is 16.0. The fourth-order valence-corrected chi connectivity index (χ4v) is 1.86. The van der Waals surface area contributed by atoms with Crippen molar-refractivity contribution in [1.82, 2.24) is 10.3 Å². The lowest BCUT2D eigenvalue weighted by Crippen LogP contribution is -2.37. The molecule has 2 heterocycles. The molecule has 0 bridgehead atoms. The van der Waals surface area contributed by atoms with E-state index < -0.39 is 0 Å². The zero-order chi connectivity index (χ0) is 11.4. The van der Waals surface area contributed by atoms with Gasteiger partial charge in [-0.05, 0) is 38.4 Å². The third-order valence-electron chi connectivity index (χ3n) is 2.85. The normalized spacial score (nSPS) is 20.4. The lowest BCUT2D eigenvalue weighted by molar-refractivity contribution is -0.120. The van der Waals surface area contributed by atoms with Crippen LogP contribution in [-0.4, -0.2) is 24.0 Å². The van der Waals surface area contributed by atoms with E-state index in [1.54, 1.807) is 6.20 Å². The van der Waals surface area contributed by atoms with Gasteiger partial charge in [-0.2, -0.15) is 0 Å². The summed E-state index contributed by atoms with van der Waals surface area (Å²) in [6, 6.07) is 3.78. The number of hydrogen-bond acceptors (Lipinski definition) is 3. The van der Waals surface area contributed by atoms with Gasteiger partial charge in [-0.1, -0.05) is 0 Å². The van der Waals surface area contributed by atoms with E-state index in [1.807, 2.05) is 19.1 Å². The maximum Gasteiger partial charge on any atom is 0.228 e. The van der Waals surface area contributed by atoms with Crippen LogP contribution in [0.1, 0.15) is 18.5 Å². The summed E-state index contributed by atoms with van der Waals surface area (Å²) in [6.07, 6.45) is 3.74. The highest BCUT2D eigenvalue weighted by molar-refractivity contribution is 5.92. The van der Waals surface area contributed by atoms with Crippen LogP contribution in [0.3, 0.4) is 0 Å². The Morgan fingerprint density at radius 1 is 1.56 bits per heavy atom. The molecule has 4 heteroatoms. The van der Waals surface area contributed by atoms with E-state index in [4.69, 9.17) is 0 Å². The van der Waals surface area contributed by atoms with Crippen LogP contribution in [0.5, 0.6) is 0 Å². The quantitative estimate of drug-likeness (QED) is 0.789. The third kappa shape index (κ3) is 2.79. The van der Waals surface area contributed by atoms with Gasteiger partial charge in [0, 0.05) is 12.2 Å². The number of hydrogen-bond donors (Lipinski definition) is 2. The van der Waals surface area contributed by atoms with Crippen LogP contribution in [0.25, 0.3) is 0 Å². The molecular formula is C12H17N3O. The number of carbonyl (C=O) groups excluding carboxylic acids is 1. The fourth-order valence-electron chi connectivity index (χ4n) is 1.86. The Labute approximate surface area is 95.5 Å². The van der Waals surface area contributed by atoms with E-state index in [1.165, 1.54) is 0 Å². The topological polar surface area (TPSA) is 54.0 Å². The third-order valence-corrected chi connectivity index (χ3v) is 2.85. The Morgan fingerprint density at radius 2 is 2.44 bits per heavy atom. The molecule has 1 aliphatic heterocycles. The van der Waals surface area contributed by atoms with Gasteiger partial charge in [0.2, 0.25) is 5.91 Å². The first-order chi connectivity index (χ1) is 7.75. The maximum atomic E-state index is 11.9. The van der Waals surface area contributed by atoms with Crippen molar-refractivity contribution >= 4 is 11.6 Å². The predicted molar refractivity (Wildman–Crippen MR) is 63.2 cm³/mol. The number of anilines is 1. The van der Waals surface area contributed by atoms with Crippen LogP contribution in [-0.2, 0) is 4.79 Å². The van der Waals surface area contributed by atoms with E-state index in [0.29, 0.717) is 0 Å². The minimum absolute atomic E-state index is 0.0926. The molecule has 0 unspecified atom stereocenters. The van der Waals surface area contributed by atoms with Crippen molar-refractivity contribution in [2.45, 2.75) is 19.8 Å². The van der Waals surface area contributed by atoms with Crippen LogP contribution in [0.15, 0.2) is 18.3 Å². The molecular weight excluding hydrogens is 202 g/mol. The second kappa shape index (κ2) is 5.07. The number of aromatic nitrogens is 1. The second-order valence-corrected chi connectivity index (χ2v) is 4.22. The molecule has 1 fully saturated rings. The Bertz CT molecular complexity index is 355. The molecule has 1 amide bonds. The van der Waals surface area contributed by atoms with Crippen molar-refractivity contribution in [3.05, 3.63) is 24.0 Å². The molecule has 1 aliphatic rings.